The van der Waals surface area contributed by atoms with E-state index in [2.05, 4.69) is 15.2 Å². The Kier molecular flexibility index (Phi) is 5.64. The third-order valence-corrected chi connectivity index (χ3v) is 5.18. The summed E-state index contributed by atoms with van der Waals surface area (Å²) in [5.74, 6) is -0.0262. The van der Waals surface area contributed by atoms with E-state index in [0.29, 0.717) is 32.5 Å². The number of alkyl halides is 2. The third kappa shape index (κ3) is 4.27. The second kappa shape index (κ2) is 8.52. The van der Waals surface area contributed by atoms with E-state index >= 15 is 0 Å². The van der Waals surface area contributed by atoms with Gasteiger partial charge in [0.25, 0.3) is 17.9 Å². The van der Waals surface area contributed by atoms with E-state index in [9.17, 15) is 18.4 Å². The number of likely N-dealkylation sites (tertiary alicyclic amines) is 1. The van der Waals surface area contributed by atoms with Gasteiger partial charge in [-0.15, -0.1) is 5.10 Å². The minimum absolute atomic E-state index is 0.158. The summed E-state index contributed by atoms with van der Waals surface area (Å²) in [6.07, 6.45) is 1.25. The molecule has 10 heteroatoms. The summed E-state index contributed by atoms with van der Waals surface area (Å²) in [4.78, 5) is 31.5. The van der Waals surface area contributed by atoms with Crippen LogP contribution in [0.4, 0.5) is 8.78 Å². The fourth-order valence-corrected chi connectivity index (χ4v) is 3.50. The average Bonchev–Trinajstić information content (AvgIpc) is 3.26. The van der Waals surface area contributed by atoms with Crippen LogP contribution in [0.2, 0.25) is 0 Å². The summed E-state index contributed by atoms with van der Waals surface area (Å²) < 4.78 is 26.6. The molecule has 0 radical (unpaired) electrons. The lowest BCUT2D eigenvalue weighted by molar-refractivity contribution is 0.0675. The van der Waals surface area contributed by atoms with Crippen LogP contribution in [-0.2, 0) is 6.54 Å². The van der Waals surface area contributed by atoms with Gasteiger partial charge in [0.2, 0.25) is 0 Å². The van der Waals surface area contributed by atoms with Crippen LogP contribution in [0.15, 0.2) is 53.7 Å². The highest BCUT2D eigenvalue weighted by Gasteiger charge is 2.26. The number of hydrogen-bond acceptors (Lipinski definition) is 5. The molecule has 3 aromatic rings. The Morgan fingerprint density at radius 1 is 1.17 bits per heavy atom. The van der Waals surface area contributed by atoms with Crippen molar-refractivity contribution in [2.45, 2.75) is 25.8 Å². The first kappa shape index (κ1) is 19.9. The molecule has 1 saturated heterocycles. The molecule has 0 aliphatic carbocycles. The van der Waals surface area contributed by atoms with Gasteiger partial charge in [-0.3, -0.25) is 14.2 Å². The molecule has 0 atom stereocenters. The van der Waals surface area contributed by atoms with Gasteiger partial charge in [-0.1, -0.05) is 18.2 Å². The van der Waals surface area contributed by atoms with E-state index < -0.39 is 17.7 Å². The number of para-hydroxylation sites is 1. The molecule has 2 aromatic heterocycles. The Morgan fingerprint density at radius 2 is 1.90 bits per heavy atom. The molecule has 3 heterocycles. The van der Waals surface area contributed by atoms with Crippen molar-refractivity contribution >= 4 is 5.91 Å². The highest BCUT2D eigenvalue weighted by atomic mass is 19.3. The summed E-state index contributed by atoms with van der Waals surface area (Å²) in [6, 6.07) is 10.2. The van der Waals surface area contributed by atoms with Crippen molar-refractivity contribution in [1.82, 2.24) is 29.4 Å². The largest absolute Gasteiger partial charge is 0.337 e. The molecule has 1 aliphatic rings. The number of amides is 1. The Bertz CT molecular complexity index is 1070. The summed E-state index contributed by atoms with van der Waals surface area (Å²) in [7, 11) is 0. The topological polar surface area (TPSA) is 85.9 Å². The van der Waals surface area contributed by atoms with Crippen molar-refractivity contribution in [2.24, 2.45) is 5.92 Å². The van der Waals surface area contributed by atoms with Gasteiger partial charge in [-0.25, -0.2) is 13.8 Å². The van der Waals surface area contributed by atoms with Gasteiger partial charge in [0.1, 0.15) is 5.69 Å². The lowest BCUT2D eigenvalue weighted by Gasteiger charge is -2.31. The van der Waals surface area contributed by atoms with Gasteiger partial charge in [-0.2, -0.15) is 9.90 Å². The van der Waals surface area contributed by atoms with Crippen molar-refractivity contribution in [2.75, 3.05) is 13.1 Å². The number of nitrogens with zero attached hydrogens (tertiary/aromatic N) is 6. The highest BCUT2D eigenvalue weighted by Crippen LogP contribution is 2.20. The maximum absolute atomic E-state index is 12.7. The van der Waals surface area contributed by atoms with Crippen LogP contribution in [0.3, 0.4) is 0 Å². The second-order valence-electron chi connectivity index (χ2n) is 7.20. The Hall–Kier alpha value is -3.43. The predicted molar refractivity (Wildman–Crippen MR) is 103 cm³/mol. The molecular weight excluding hydrogens is 394 g/mol. The maximum Gasteiger partial charge on any atom is 0.280 e. The van der Waals surface area contributed by atoms with Crippen molar-refractivity contribution in [3.63, 3.8) is 0 Å². The van der Waals surface area contributed by atoms with Crippen molar-refractivity contribution in [1.29, 1.82) is 0 Å². The van der Waals surface area contributed by atoms with E-state index in [1.165, 1.54) is 21.9 Å². The third-order valence-electron chi connectivity index (χ3n) is 5.18. The Balaban J connectivity index is 1.35. The Morgan fingerprint density at radius 3 is 2.57 bits per heavy atom. The summed E-state index contributed by atoms with van der Waals surface area (Å²) in [5, 5.41) is 8.44. The number of carbonyl (C=O) groups excluding carboxylic acids is 1. The first-order chi connectivity index (χ1) is 14.5. The van der Waals surface area contributed by atoms with Gasteiger partial charge in [0.05, 0.1) is 18.2 Å². The minimum Gasteiger partial charge on any atom is -0.337 e. The molecule has 8 nitrogen and oxygen atoms in total. The molecular formula is C20H20F2N6O2. The van der Waals surface area contributed by atoms with Crippen molar-refractivity contribution in [3.05, 3.63) is 70.7 Å². The number of hydrogen-bond donors (Lipinski definition) is 0. The number of benzene rings is 1. The van der Waals surface area contributed by atoms with Gasteiger partial charge in [0.15, 0.2) is 5.69 Å². The smallest absolute Gasteiger partial charge is 0.280 e. The normalized spacial score (nSPS) is 15.0. The van der Waals surface area contributed by atoms with E-state index in [4.69, 9.17) is 0 Å². The summed E-state index contributed by atoms with van der Waals surface area (Å²) >= 11 is 0. The zero-order chi connectivity index (χ0) is 21.1. The summed E-state index contributed by atoms with van der Waals surface area (Å²) in [5.41, 5.74) is 0.0454. The van der Waals surface area contributed by atoms with Crippen LogP contribution in [0.1, 0.15) is 35.4 Å². The van der Waals surface area contributed by atoms with Gasteiger partial charge in [-0.05, 0) is 30.9 Å². The fraction of sp³-hybridized carbons (Fsp3) is 0.350. The molecule has 156 valence electrons. The fourth-order valence-electron chi connectivity index (χ4n) is 3.50. The molecule has 30 heavy (non-hydrogen) atoms. The zero-order valence-corrected chi connectivity index (χ0v) is 16.1. The standard InChI is InChI=1S/C20H20F2N6O2/c21-19(22)16-10-18(29)27(13-23-16)12-14-6-8-26(9-7-14)20(30)17-11-24-28(25-17)15-4-2-1-3-5-15/h1-5,10-11,13-14,19H,6-9,12H2. The minimum atomic E-state index is -2.76. The average molecular weight is 414 g/mol. The zero-order valence-electron chi connectivity index (χ0n) is 16.1. The van der Waals surface area contributed by atoms with E-state index in [1.54, 1.807) is 4.90 Å². The molecule has 1 aromatic carbocycles. The molecule has 0 bridgehead atoms. The van der Waals surface area contributed by atoms with Gasteiger partial charge >= 0.3 is 0 Å². The van der Waals surface area contributed by atoms with Crippen LogP contribution in [-0.4, -0.2) is 48.4 Å². The first-order valence-electron chi connectivity index (χ1n) is 9.63. The molecule has 1 amide bonds. The summed E-state index contributed by atoms with van der Waals surface area (Å²) in [6.45, 7) is 1.44. The molecule has 0 N–H and O–H groups in total. The Labute approximate surface area is 170 Å². The number of rotatable bonds is 5. The number of piperidine rings is 1. The lowest BCUT2D eigenvalue weighted by Crippen LogP contribution is -2.40. The molecule has 0 unspecified atom stereocenters. The van der Waals surface area contributed by atoms with Gasteiger partial charge < -0.3 is 4.90 Å². The molecule has 0 spiro atoms. The van der Waals surface area contributed by atoms with Crippen LogP contribution >= 0.6 is 0 Å². The van der Waals surface area contributed by atoms with Crippen LogP contribution in [0.25, 0.3) is 5.69 Å². The maximum atomic E-state index is 12.7. The van der Waals surface area contributed by atoms with Crippen LogP contribution in [0, 0.1) is 5.92 Å². The lowest BCUT2D eigenvalue weighted by atomic mass is 9.96. The molecule has 4 rings (SSSR count). The molecule has 1 aliphatic heterocycles. The monoisotopic (exact) mass is 414 g/mol. The number of halogens is 2. The number of carbonyl (C=O) groups is 1. The first-order valence-corrected chi connectivity index (χ1v) is 9.63. The quantitative estimate of drug-likeness (QED) is 0.640. The highest BCUT2D eigenvalue weighted by molar-refractivity contribution is 5.92. The second-order valence-corrected chi connectivity index (χ2v) is 7.20. The van der Waals surface area contributed by atoms with Gasteiger partial charge in [0, 0.05) is 25.7 Å². The van der Waals surface area contributed by atoms with Crippen LogP contribution in [0.5, 0.6) is 0 Å². The predicted octanol–water partition coefficient (Wildman–Crippen LogP) is 2.31. The molecule has 1 fully saturated rings. The molecule has 0 saturated carbocycles. The van der Waals surface area contributed by atoms with Crippen molar-refractivity contribution in [3.8, 4) is 5.69 Å². The van der Waals surface area contributed by atoms with Crippen molar-refractivity contribution < 1.29 is 13.6 Å². The number of aromatic nitrogens is 5. The SMILES string of the molecule is O=C(c1cnn(-c2ccccc2)n1)N1CCC(Cn2cnc(C(F)F)cc2=O)CC1. The van der Waals surface area contributed by atoms with E-state index in [1.807, 2.05) is 30.3 Å². The van der Waals surface area contributed by atoms with Crippen LogP contribution < -0.4 is 5.56 Å². The van der Waals surface area contributed by atoms with E-state index in [-0.39, 0.29) is 17.5 Å². The van der Waals surface area contributed by atoms with E-state index in [0.717, 1.165) is 11.8 Å².